The summed E-state index contributed by atoms with van der Waals surface area (Å²) in [7, 11) is 0. The molecule has 10 aromatic rings. The van der Waals surface area contributed by atoms with Crippen molar-refractivity contribution in [2.24, 2.45) is 0 Å². The molecule has 7 aromatic carbocycles. The van der Waals surface area contributed by atoms with E-state index in [1.54, 1.807) is 11.3 Å². The van der Waals surface area contributed by atoms with Crippen molar-refractivity contribution in [1.29, 1.82) is 0 Å². The highest BCUT2D eigenvalue weighted by atomic mass is 32.1. The molecule has 0 radical (unpaired) electrons. The van der Waals surface area contributed by atoms with Crippen molar-refractivity contribution >= 4 is 64.2 Å². The van der Waals surface area contributed by atoms with Gasteiger partial charge in [0.2, 0.25) is 0 Å². The van der Waals surface area contributed by atoms with Crippen molar-refractivity contribution in [3.8, 4) is 45.3 Å². The monoisotopic (exact) mass is 631 g/mol. The van der Waals surface area contributed by atoms with Crippen LogP contribution in [-0.4, -0.2) is 15.0 Å². The Hall–Kier alpha value is -6.17. The Morgan fingerprint density at radius 1 is 0.396 bits per heavy atom. The van der Waals surface area contributed by atoms with E-state index < -0.39 is 0 Å². The van der Waals surface area contributed by atoms with Gasteiger partial charge in [0.25, 0.3) is 0 Å². The van der Waals surface area contributed by atoms with Crippen LogP contribution in [0.3, 0.4) is 0 Å². The van der Waals surface area contributed by atoms with Crippen LogP contribution in [-0.2, 0) is 0 Å². The summed E-state index contributed by atoms with van der Waals surface area (Å²) in [5.41, 5.74) is 6.60. The summed E-state index contributed by atoms with van der Waals surface area (Å²) in [6.45, 7) is 0. The number of aromatic nitrogens is 3. The van der Waals surface area contributed by atoms with Crippen molar-refractivity contribution in [2.75, 3.05) is 0 Å². The minimum Gasteiger partial charge on any atom is -0.456 e. The van der Waals surface area contributed by atoms with Gasteiger partial charge >= 0.3 is 0 Å². The van der Waals surface area contributed by atoms with E-state index >= 15 is 0 Å². The molecule has 10 rings (SSSR count). The molecule has 48 heavy (non-hydrogen) atoms. The van der Waals surface area contributed by atoms with Gasteiger partial charge in [-0.2, -0.15) is 0 Å². The van der Waals surface area contributed by atoms with Crippen LogP contribution in [0.5, 0.6) is 0 Å². The molecule has 0 atom stereocenters. The first-order chi connectivity index (χ1) is 23.8. The van der Waals surface area contributed by atoms with E-state index in [1.807, 2.05) is 24.3 Å². The number of rotatable bonds is 4. The molecule has 0 saturated heterocycles. The quantitative estimate of drug-likeness (QED) is 0.194. The molecule has 3 aromatic heterocycles. The summed E-state index contributed by atoms with van der Waals surface area (Å²) >= 11 is 1.79. The molecular formula is C43H25N3OS. The molecule has 0 aliphatic heterocycles. The van der Waals surface area contributed by atoms with E-state index in [9.17, 15) is 0 Å². The lowest BCUT2D eigenvalue weighted by Gasteiger charge is -2.12. The fraction of sp³-hybridized carbons (Fsp3) is 0. The molecule has 224 valence electrons. The second-order valence-corrected chi connectivity index (χ2v) is 13.1. The van der Waals surface area contributed by atoms with E-state index in [-0.39, 0.29) is 0 Å². The summed E-state index contributed by atoms with van der Waals surface area (Å²) in [6.07, 6.45) is 0. The third-order valence-corrected chi connectivity index (χ3v) is 10.2. The molecule has 4 nitrogen and oxygen atoms in total. The van der Waals surface area contributed by atoms with Gasteiger partial charge in [-0.1, -0.05) is 115 Å². The maximum Gasteiger partial charge on any atom is 0.164 e. The largest absolute Gasteiger partial charge is 0.456 e. The Kier molecular flexibility index (Phi) is 6.01. The molecule has 0 fully saturated rings. The molecule has 0 aliphatic rings. The summed E-state index contributed by atoms with van der Waals surface area (Å²) in [6, 6.07) is 52.7. The van der Waals surface area contributed by atoms with E-state index in [0.29, 0.717) is 17.5 Å². The van der Waals surface area contributed by atoms with Crippen LogP contribution in [0.2, 0.25) is 0 Å². The number of nitrogens with zero attached hydrogens (tertiary/aromatic N) is 3. The molecule has 0 bridgehead atoms. The zero-order valence-corrected chi connectivity index (χ0v) is 26.4. The number of benzene rings is 7. The molecule has 0 spiro atoms. The lowest BCUT2D eigenvalue weighted by atomic mass is 9.98. The minimum absolute atomic E-state index is 0.606. The maximum absolute atomic E-state index is 6.48. The molecular weight excluding hydrogens is 607 g/mol. The molecule has 0 saturated carbocycles. The predicted octanol–water partition coefficient (Wildman–Crippen LogP) is 12.0. The number of para-hydroxylation sites is 1. The van der Waals surface area contributed by atoms with Crippen LogP contribution in [0.4, 0.5) is 0 Å². The first-order valence-electron chi connectivity index (χ1n) is 15.9. The van der Waals surface area contributed by atoms with Gasteiger partial charge in [0.15, 0.2) is 17.5 Å². The molecule has 0 unspecified atom stereocenters. The first kappa shape index (κ1) is 27.0. The lowest BCUT2D eigenvalue weighted by molar-refractivity contribution is 0.669. The normalized spacial score (nSPS) is 11.8. The minimum atomic E-state index is 0.606. The van der Waals surface area contributed by atoms with Gasteiger partial charge in [0, 0.05) is 47.6 Å². The van der Waals surface area contributed by atoms with Gasteiger partial charge in [0.1, 0.15) is 11.2 Å². The summed E-state index contributed by atoms with van der Waals surface area (Å²) in [4.78, 5) is 15.8. The molecule has 0 N–H and O–H groups in total. The van der Waals surface area contributed by atoms with E-state index in [2.05, 4.69) is 127 Å². The van der Waals surface area contributed by atoms with E-state index in [4.69, 9.17) is 19.4 Å². The molecule has 3 heterocycles. The Balaban J connectivity index is 1.30. The van der Waals surface area contributed by atoms with E-state index in [0.717, 1.165) is 60.5 Å². The smallest absolute Gasteiger partial charge is 0.164 e. The van der Waals surface area contributed by atoms with Gasteiger partial charge in [-0.15, -0.1) is 11.3 Å². The Morgan fingerprint density at radius 2 is 1.10 bits per heavy atom. The second-order valence-electron chi connectivity index (χ2n) is 12.0. The number of furan rings is 1. The van der Waals surface area contributed by atoms with Crippen molar-refractivity contribution in [2.45, 2.75) is 0 Å². The van der Waals surface area contributed by atoms with Gasteiger partial charge in [-0.05, 0) is 58.3 Å². The van der Waals surface area contributed by atoms with Crippen LogP contribution in [0, 0.1) is 0 Å². The van der Waals surface area contributed by atoms with Crippen molar-refractivity contribution in [3.05, 3.63) is 152 Å². The standard InChI is InChI=1S/C43H25N3OS/c1-2-11-26(12-3-1)30-24-34(39-31-15-6-8-18-35(31)47-36(39)25-30)43-45-41(29-22-21-27-13-4-5-14-28(27)23-29)44-42(46-43)33-17-10-20-38-40(33)32-16-7-9-19-37(32)48-38/h1-25H. The van der Waals surface area contributed by atoms with Crippen LogP contribution >= 0.6 is 11.3 Å². The van der Waals surface area contributed by atoms with Gasteiger partial charge in [-0.25, -0.2) is 15.0 Å². The predicted molar refractivity (Wildman–Crippen MR) is 199 cm³/mol. The van der Waals surface area contributed by atoms with Gasteiger partial charge in [-0.3, -0.25) is 0 Å². The Bertz CT molecular complexity index is 2850. The van der Waals surface area contributed by atoms with Crippen LogP contribution in [0.25, 0.3) is 98.2 Å². The SMILES string of the molecule is c1ccc(-c2cc(-c3nc(-c4ccc5ccccc5c4)nc(-c4cccc5sc6ccccc6c45)n3)c3c(c2)oc2ccccc23)cc1. The average molecular weight is 632 g/mol. The molecule has 5 heteroatoms. The fourth-order valence-corrected chi connectivity index (χ4v) is 8.00. The van der Waals surface area contributed by atoms with Crippen LogP contribution < -0.4 is 0 Å². The van der Waals surface area contributed by atoms with Crippen molar-refractivity contribution in [3.63, 3.8) is 0 Å². The average Bonchev–Trinajstić information content (AvgIpc) is 3.73. The number of hydrogen-bond acceptors (Lipinski definition) is 5. The summed E-state index contributed by atoms with van der Waals surface area (Å²) in [5, 5.41) is 6.70. The topological polar surface area (TPSA) is 51.8 Å². The Morgan fingerprint density at radius 3 is 2.00 bits per heavy atom. The highest BCUT2D eigenvalue weighted by molar-refractivity contribution is 7.25. The molecule has 0 amide bonds. The maximum atomic E-state index is 6.48. The van der Waals surface area contributed by atoms with Crippen molar-refractivity contribution in [1.82, 2.24) is 15.0 Å². The zero-order valence-electron chi connectivity index (χ0n) is 25.6. The Labute approximate surface area is 279 Å². The number of fused-ring (bicyclic) bond motifs is 7. The summed E-state index contributed by atoms with van der Waals surface area (Å²) in [5.74, 6) is 1.88. The van der Waals surface area contributed by atoms with Crippen molar-refractivity contribution < 1.29 is 4.42 Å². The number of thiophene rings is 1. The van der Waals surface area contributed by atoms with Crippen LogP contribution in [0.1, 0.15) is 0 Å². The lowest BCUT2D eigenvalue weighted by Crippen LogP contribution is -2.01. The first-order valence-corrected chi connectivity index (χ1v) is 16.8. The third-order valence-electron chi connectivity index (χ3n) is 9.11. The fourth-order valence-electron chi connectivity index (χ4n) is 6.86. The highest BCUT2D eigenvalue weighted by Crippen LogP contribution is 2.42. The van der Waals surface area contributed by atoms with Gasteiger partial charge < -0.3 is 4.42 Å². The van der Waals surface area contributed by atoms with Crippen LogP contribution in [0.15, 0.2) is 156 Å². The molecule has 0 aliphatic carbocycles. The third kappa shape index (κ3) is 4.33. The summed E-state index contributed by atoms with van der Waals surface area (Å²) < 4.78 is 8.93. The zero-order chi connectivity index (χ0) is 31.6. The second kappa shape index (κ2) is 10.7. The van der Waals surface area contributed by atoms with Gasteiger partial charge in [0.05, 0.1) is 0 Å². The highest BCUT2D eigenvalue weighted by Gasteiger charge is 2.21. The van der Waals surface area contributed by atoms with E-state index in [1.165, 1.54) is 20.2 Å². The number of hydrogen-bond donors (Lipinski definition) is 0.